The van der Waals surface area contributed by atoms with E-state index in [0.717, 1.165) is 25.7 Å². The van der Waals surface area contributed by atoms with Gasteiger partial charge in [0.15, 0.2) is 0 Å². The van der Waals surface area contributed by atoms with Crippen LogP contribution in [-0.4, -0.2) is 9.51 Å². The second kappa shape index (κ2) is 4.38. The Bertz CT molecular complexity index is 607. The molecule has 102 valence electrons. The molecular weight excluding hydrogens is 234 g/mol. The van der Waals surface area contributed by atoms with E-state index in [1.165, 1.54) is 22.3 Å². The number of aromatic nitrogens is 1. The van der Waals surface area contributed by atoms with E-state index >= 15 is 0 Å². The maximum absolute atomic E-state index is 10.9. The molecule has 2 aromatic heterocycles. The molecule has 19 heavy (non-hydrogen) atoms. The molecule has 2 nitrogen and oxygen atoms in total. The molecule has 1 aliphatic rings. The number of rotatable bonds is 2. The molecule has 1 atom stereocenters. The van der Waals surface area contributed by atoms with Gasteiger partial charge in [0.2, 0.25) is 0 Å². The van der Waals surface area contributed by atoms with Crippen molar-refractivity contribution in [3.63, 3.8) is 0 Å². The molecule has 3 rings (SSSR count). The van der Waals surface area contributed by atoms with Gasteiger partial charge in [-0.1, -0.05) is 19.9 Å². The number of pyridine rings is 1. The highest BCUT2D eigenvalue weighted by atomic mass is 16.3. The van der Waals surface area contributed by atoms with Crippen molar-refractivity contribution in [3.05, 3.63) is 41.2 Å². The summed E-state index contributed by atoms with van der Waals surface area (Å²) < 4.78 is 2.27. The average Bonchev–Trinajstić information content (AvgIpc) is 2.74. The summed E-state index contributed by atoms with van der Waals surface area (Å²) in [4.78, 5) is 0. The minimum Gasteiger partial charge on any atom is -0.388 e. The Labute approximate surface area is 115 Å². The van der Waals surface area contributed by atoms with Crippen molar-refractivity contribution in [1.29, 1.82) is 0 Å². The number of nitrogens with zero attached hydrogens (tertiary/aromatic N) is 1. The summed E-state index contributed by atoms with van der Waals surface area (Å²) in [5.41, 5.74) is 5.09. The van der Waals surface area contributed by atoms with Crippen molar-refractivity contribution < 1.29 is 5.11 Å². The van der Waals surface area contributed by atoms with Crippen molar-refractivity contribution in [2.75, 3.05) is 0 Å². The first-order valence-corrected chi connectivity index (χ1v) is 7.41. The van der Waals surface area contributed by atoms with Crippen LogP contribution in [0.15, 0.2) is 24.4 Å². The Hall–Kier alpha value is -1.28. The zero-order valence-electron chi connectivity index (χ0n) is 12.1. The second-order valence-corrected chi connectivity index (χ2v) is 5.91. The maximum Gasteiger partial charge on any atom is 0.0866 e. The summed E-state index contributed by atoms with van der Waals surface area (Å²) in [7, 11) is 0. The fourth-order valence-corrected chi connectivity index (χ4v) is 3.89. The van der Waals surface area contributed by atoms with E-state index in [9.17, 15) is 5.11 Å². The van der Waals surface area contributed by atoms with Crippen LogP contribution in [0.2, 0.25) is 0 Å². The molecule has 0 aromatic carbocycles. The summed E-state index contributed by atoms with van der Waals surface area (Å²) in [5, 5.41) is 10.9. The average molecular weight is 257 g/mol. The van der Waals surface area contributed by atoms with Crippen LogP contribution in [0.1, 0.15) is 56.0 Å². The first-order chi connectivity index (χ1) is 9.14. The summed E-state index contributed by atoms with van der Waals surface area (Å²) in [6.07, 6.45) is 6.08. The van der Waals surface area contributed by atoms with E-state index in [1.807, 2.05) is 0 Å². The van der Waals surface area contributed by atoms with Gasteiger partial charge in [-0.15, -0.1) is 0 Å². The van der Waals surface area contributed by atoms with Gasteiger partial charge in [-0.25, -0.2) is 0 Å². The highest BCUT2D eigenvalue weighted by Crippen LogP contribution is 2.50. The third kappa shape index (κ3) is 1.59. The largest absolute Gasteiger partial charge is 0.388 e. The normalized spacial score (nSPS) is 21.6. The molecule has 0 fully saturated rings. The Balaban J connectivity index is 2.24. The van der Waals surface area contributed by atoms with Gasteiger partial charge in [-0.2, -0.15) is 0 Å². The van der Waals surface area contributed by atoms with Crippen molar-refractivity contribution in [1.82, 2.24) is 4.40 Å². The van der Waals surface area contributed by atoms with Gasteiger partial charge in [-0.05, 0) is 50.3 Å². The molecule has 1 aliphatic carbocycles. The van der Waals surface area contributed by atoms with E-state index in [-0.39, 0.29) is 11.5 Å². The fourth-order valence-electron chi connectivity index (χ4n) is 3.89. The number of aliphatic hydroxyl groups excluding tert-OH is 1. The van der Waals surface area contributed by atoms with Gasteiger partial charge < -0.3 is 9.51 Å². The predicted octanol–water partition coefficient (Wildman–Crippen LogP) is 4.03. The van der Waals surface area contributed by atoms with Crippen LogP contribution in [0.3, 0.4) is 0 Å². The van der Waals surface area contributed by atoms with Crippen LogP contribution < -0.4 is 0 Å². The lowest BCUT2D eigenvalue weighted by Crippen LogP contribution is -2.33. The summed E-state index contributed by atoms with van der Waals surface area (Å²) in [6, 6.07) is 6.30. The van der Waals surface area contributed by atoms with Crippen molar-refractivity contribution in [2.24, 2.45) is 5.41 Å². The number of hydrogen-bond donors (Lipinski definition) is 1. The van der Waals surface area contributed by atoms with E-state index in [4.69, 9.17) is 0 Å². The Morgan fingerprint density at radius 2 is 2.05 bits per heavy atom. The van der Waals surface area contributed by atoms with Gasteiger partial charge >= 0.3 is 0 Å². The molecule has 0 saturated carbocycles. The zero-order valence-corrected chi connectivity index (χ0v) is 12.1. The zero-order chi connectivity index (χ0) is 13.6. The number of fused-ring (bicyclic) bond motifs is 3. The molecule has 0 radical (unpaired) electrons. The first kappa shape index (κ1) is 12.7. The van der Waals surface area contributed by atoms with E-state index < -0.39 is 0 Å². The van der Waals surface area contributed by atoms with Crippen LogP contribution in [0.25, 0.3) is 5.52 Å². The standard InChI is InChI=1S/C17H23NO/c1-4-17(5-2)10-9-14-15(16(17)19)12(3)13-8-6-7-11-18(13)14/h6-8,11,16,19H,4-5,9-10H2,1-3H3. The van der Waals surface area contributed by atoms with Gasteiger partial charge in [0.25, 0.3) is 0 Å². The van der Waals surface area contributed by atoms with Crippen LogP contribution in [0, 0.1) is 12.3 Å². The van der Waals surface area contributed by atoms with Crippen LogP contribution >= 0.6 is 0 Å². The number of hydrogen-bond acceptors (Lipinski definition) is 1. The molecule has 1 N–H and O–H groups in total. The third-order valence-corrected chi connectivity index (χ3v) is 5.37. The van der Waals surface area contributed by atoms with Crippen molar-refractivity contribution >= 4 is 5.52 Å². The molecule has 2 heterocycles. The highest BCUT2D eigenvalue weighted by Gasteiger charge is 2.42. The monoisotopic (exact) mass is 257 g/mol. The molecule has 0 spiro atoms. The van der Waals surface area contributed by atoms with E-state index in [1.54, 1.807) is 0 Å². The van der Waals surface area contributed by atoms with Gasteiger partial charge in [0.05, 0.1) is 6.10 Å². The molecule has 0 amide bonds. The minimum absolute atomic E-state index is 0.0721. The summed E-state index contributed by atoms with van der Waals surface area (Å²) in [5.74, 6) is 0. The third-order valence-electron chi connectivity index (χ3n) is 5.37. The molecule has 0 saturated heterocycles. The van der Waals surface area contributed by atoms with Gasteiger partial charge in [0, 0.05) is 28.4 Å². The Morgan fingerprint density at radius 1 is 1.32 bits per heavy atom. The van der Waals surface area contributed by atoms with Crippen molar-refractivity contribution in [3.8, 4) is 0 Å². The molecule has 0 aliphatic heterocycles. The minimum atomic E-state index is -0.314. The molecular formula is C17H23NO. The SMILES string of the molecule is CCC1(CC)CCc2c(c(C)c3ccccn23)C1O. The van der Waals surface area contributed by atoms with Gasteiger partial charge in [0.1, 0.15) is 0 Å². The molecule has 2 aromatic rings. The molecule has 2 heteroatoms. The topological polar surface area (TPSA) is 24.6 Å². The quantitative estimate of drug-likeness (QED) is 0.863. The van der Waals surface area contributed by atoms with Gasteiger partial charge in [-0.3, -0.25) is 0 Å². The number of aryl methyl sites for hydroxylation is 2. The maximum atomic E-state index is 10.9. The fraction of sp³-hybridized carbons (Fsp3) is 0.529. The predicted molar refractivity (Wildman–Crippen MR) is 78.4 cm³/mol. The van der Waals surface area contributed by atoms with Crippen LogP contribution in [-0.2, 0) is 6.42 Å². The molecule has 1 unspecified atom stereocenters. The summed E-state index contributed by atoms with van der Waals surface area (Å²) >= 11 is 0. The highest BCUT2D eigenvalue weighted by molar-refractivity contribution is 5.62. The lowest BCUT2D eigenvalue weighted by molar-refractivity contribution is -0.000525. The summed E-state index contributed by atoms with van der Waals surface area (Å²) in [6.45, 7) is 6.57. The Kier molecular flexibility index (Phi) is 2.94. The lowest BCUT2D eigenvalue weighted by Gasteiger charge is -2.41. The first-order valence-electron chi connectivity index (χ1n) is 7.41. The van der Waals surface area contributed by atoms with E-state index in [2.05, 4.69) is 49.6 Å². The van der Waals surface area contributed by atoms with Crippen LogP contribution in [0.5, 0.6) is 0 Å². The lowest BCUT2D eigenvalue weighted by atomic mass is 9.67. The van der Waals surface area contributed by atoms with Crippen molar-refractivity contribution in [2.45, 2.75) is 52.6 Å². The Morgan fingerprint density at radius 3 is 2.74 bits per heavy atom. The second-order valence-electron chi connectivity index (χ2n) is 5.91. The van der Waals surface area contributed by atoms with E-state index in [0.29, 0.717) is 0 Å². The number of aliphatic hydroxyl groups is 1. The smallest absolute Gasteiger partial charge is 0.0866 e. The molecule has 0 bridgehead atoms. The van der Waals surface area contributed by atoms with Crippen LogP contribution in [0.4, 0.5) is 0 Å².